The van der Waals surface area contributed by atoms with Crippen LogP contribution >= 0.6 is 34.5 Å². The van der Waals surface area contributed by atoms with Crippen LogP contribution in [0.15, 0.2) is 18.2 Å². The van der Waals surface area contributed by atoms with E-state index in [1.54, 1.807) is 18.2 Å². The van der Waals surface area contributed by atoms with Gasteiger partial charge in [-0.05, 0) is 17.7 Å². The number of nitrogens with one attached hydrogen (secondary N) is 1. The van der Waals surface area contributed by atoms with Crippen molar-refractivity contribution in [2.24, 2.45) is 5.73 Å². The Balaban J connectivity index is 2.16. The van der Waals surface area contributed by atoms with Crippen molar-refractivity contribution in [1.29, 1.82) is 5.26 Å². The summed E-state index contributed by atoms with van der Waals surface area (Å²) in [6, 6.07) is 6.63. The average molecular weight is 397 g/mol. The highest BCUT2D eigenvalue weighted by Gasteiger charge is 2.25. The van der Waals surface area contributed by atoms with Gasteiger partial charge in [-0.25, -0.2) is 4.79 Å². The van der Waals surface area contributed by atoms with Gasteiger partial charge in [0.1, 0.15) is 16.1 Å². The molecule has 2 aromatic rings. The number of nitriles is 1. The molecule has 0 atom stereocenters. The molecule has 0 aliphatic carbocycles. The van der Waals surface area contributed by atoms with Gasteiger partial charge in [0.15, 0.2) is 0 Å². The highest BCUT2D eigenvalue weighted by Crippen LogP contribution is 2.46. The molecule has 3 rings (SSSR count). The summed E-state index contributed by atoms with van der Waals surface area (Å²) in [5.41, 5.74) is 7.04. The molecule has 0 bridgehead atoms. The first-order valence-electron chi connectivity index (χ1n) is 7.42. The van der Waals surface area contributed by atoms with Crippen LogP contribution in [0.1, 0.15) is 5.56 Å². The van der Waals surface area contributed by atoms with E-state index < -0.39 is 6.03 Å². The number of carbonyl (C=O) groups is 1. The number of nitrogens with two attached hydrogens (primary N) is 1. The summed E-state index contributed by atoms with van der Waals surface area (Å²) >= 11 is 13.4. The largest absolute Gasteiger partial charge is 0.378 e. The number of hydrogen-bond donors (Lipinski definition) is 2. The summed E-state index contributed by atoms with van der Waals surface area (Å²) in [5, 5.41) is 14.4. The zero-order chi connectivity index (χ0) is 18.0. The minimum absolute atomic E-state index is 0.368. The molecule has 1 aliphatic heterocycles. The van der Waals surface area contributed by atoms with Gasteiger partial charge >= 0.3 is 6.03 Å². The Morgan fingerprint density at radius 1 is 1.32 bits per heavy atom. The van der Waals surface area contributed by atoms with Crippen LogP contribution < -0.4 is 16.0 Å². The van der Waals surface area contributed by atoms with Crippen LogP contribution in [0.4, 0.5) is 14.8 Å². The van der Waals surface area contributed by atoms with Gasteiger partial charge in [-0.15, -0.1) is 0 Å². The first-order chi connectivity index (χ1) is 12.0. The molecule has 130 valence electrons. The lowest BCUT2D eigenvalue weighted by molar-refractivity contribution is 0.123. The van der Waals surface area contributed by atoms with Crippen LogP contribution in [-0.2, 0) is 4.74 Å². The predicted octanol–water partition coefficient (Wildman–Crippen LogP) is 3.92. The molecule has 0 radical (unpaired) electrons. The molecule has 1 aliphatic rings. The Labute approximate surface area is 158 Å². The number of amides is 2. The highest BCUT2D eigenvalue weighted by molar-refractivity contribution is 7.21. The first-order valence-corrected chi connectivity index (χ1v) is 9.00. The Morgan fingerprint density at radius 2 is 2.04 bits per heavy atom. The number of morpholine rings is 1. The third-order valence-electron chi connectivity index (χ3n) is 3.74. The average Bonchev–Trinajstić information content (AvgIpc) is 2.95. The molecule has 2 heterocycles. The van der Waals surface area contributed by atoms with Crippen molar-refractivity contribution in [2.45, 2.75) is 0 Å². The van der Waals surface area contributed by atoms with Crippen LogP contribution in [0, 0.1) is 11.3 Å². The molecule has 1 aromatic carbocycles. The zero-order valence-corrected chi connectivity index (χ0v) is 15.3. The molecule has 6 nitrogen and oxygen atoms in total. The molecule has 2 amide bonds. The molecule has 0 saturated carbocycles. The SMILES string of the molecule is N#Cc1c(N2CCOCC2)sc(NC(N)=O)c1-c1ccc(Cl)c(Cl)c1. The van der Waals surface area contributed by atoms with E-state index in [1.807, 2.05) is 0 Å². The molecule has 1 aromatic heterocycles. The number of thiophene rings is 1. The number of halogens is 2. The third kappa shape index (κ3) is 3.67. The highest BCUT2D eigenvalue weighted by atomic mass is 35.5. The number of hydrogen-bond acceptors (Lipinski definition) is 5. The smallest absolute Gasteiger partial charge is 0.317 e. The first kappa shape index (κ1) is 17.8. The monoisotopic (exact) mass is 396 g/mol. The van der Waals surface area contributed by atoms with Gasteiger partial charge < -0.3 is 15.4 Å². The molecule has 3 N–H and O–H groups in total. The van der Waals surface area contributed by atoms with Gasteiger partial charge in [-0.3, -0.25) is 5.32 Å². The molecule has 25 heavy (non-hydrogen) atoms. The van der Waals surface area contributed by atoms with E-state index in [2.05, 4.69) is 16.3 Å². The second-order valence-corrected chi connectivity index (χ2v) is 7.13. The van der Waals surface area contributed by atoms with E-state index in [0.29, 0.717) is 58.0 Å². The predicted molar refractivity (Wildman–Crippen MR) is 101 cm³/mol. The fourth-order valence-electron chi connectivity index (χ4n) is 2.64. The quantitative estimate of drug-likeness (QED) is 0.821. The Bertz CT molecular complexity index is 857. The van der Waals surface area contributed by atoms with E-state index in [1.165, 1.54) is 11.3 Å². The lowest BCUT2D eigenvalue weighted by Crippen LogP contribution is -2.36. The van der Waals surface area contributed by atoms with Crippen molar-refractivity contribution in [3.8, 4) is 17.2 Å². The maximum atomic E-state index is 11.4. The lowest BCUT2D eigenvalue weighted by atomic mass is 10.0. The molecule has 0 unspecified atom stereocenters. The minimum atomic E-state index is -0.694. The van der Waals surface area contributed by atoms with Gasteiger partial charge in [-0.1, -0.05) is 40.6 Å². The number of anilines is 2. The molecule has 9 heteroatoms. The van der Waals surface area contributed by atoms with Crippen LogP contribution in [0.25, 0.3) is 11.1 Å². The van der Waals surface area contributed by atoms with E-state index in [9.17, 15) is 10.1 Å². The second-order valence-electron chi connectivity index (χ2n) is 5.32. The van der Waals surface area contributed by atoms with Gasteiger partial charge in [0.2, 0.25) is 0 Å². The summed E-state index contributed by atoms with van der Waals surface area (Å²) in [5.74, 6) is 0. The maximum absolute atomic E-state index is 11.4. The fourth-order valence-corrected chi connectivity index (χ4v) is 4.17. The number of ether oxygens (including phenoxy) is 1. The van der Waals surface area contributed by atoms with Crippen molar-refractivity contribution < 1.29 is 9.53 Å². The summed E-state index contributed by atoms with van der Waals surface area (Å²) < 4.78 is 5.37. The normalized spacial score (nSPS) is 14.2. The van der Waals surface area contributed by atoms with E-state index in [0.717, 1.165) is 5.00 Å². The van der Waals surface area contributed by atoms with Gasteiger partial charge in [0, 0.05) is 18.7 Å². The number of urea groups is 1. The Morgan fingerprint density at radius 3 is 2.64 bits per heavy atom. The van der Waals surface area contributed by atoms with Crippen molar-refractivity contribution in [3.63, 3.8) is 0 Å². The van der Waals surface area contributed by atoms with Crippen LogP contribution in [-0.4, -0.2) is 32.3 Å². The van der Waals surface area contributed by atoms with Crippen molar-refractivity contribution in [1.82, 2.24) is 0 Å². The molecular weight excluding hydrogens is 383 g/mol. The molecule has 0 spiro atoms. The second kappa shape index (κ2) is 7.50. The van der Waals surface area contributed by atoms with Gasteiger partial charge in [0.25, 0.3) is 0 Å². The Kier molecular flexibility index (Phi) is 5.35. The standard InChI is InChI=1S/C16H14Cl2N4O2S/c17-11-2-1-9(7-12(11)18)13-10(8-19)15(22-3-5-24-6-4-22)25-14(13)21-16(20)23/h1-2,7H,3-6H2,(H3,20,21,23). The van der Waals surface area contributed by atoms with Crippen LogP contribution in [0.5, 0.6) is 0 Å². The van der Waals surface area contributed by atoms with E-state index in [-0.39, 0.29) is 0 Å². The number of primary amides is 1. The zero-order valence-electron chi connectivity index (χ0n) is 13.0. The minimum Gasteiger partial charge on any atom is -0.378 e. The summed E-state index contributed by atoms with van der Waals surface area (Å²) in [6.45, 7) is 2.52. The third-order valence-corrected chi connectivity index (χ3v) is 5.65. The lowest BCUT2D eigenvalue weighted by Gasteiger charge is -2.27. The molecule has 1 fully saturated rings. The fraction of sp³-hybridized carbons (Fsp3) is 0.250. The van der Waals surface area contributed by atoms with Crippen molar-refractivity contribution >= 4 is 50.6 Å². The van der Waals surface area contributed by atoms with Crippen LogP contribution in [0.3, 0.4) is 0 Å². The number of benzene rings is 1. The van der Waals surface area contributed by atoms with Crippen molar-refractivity contribution in [3.05, 3.63) is 33.8 Å². The summed E-state index contributed by atoms with van der Waals surface area (Å²) in [6.07, 6.45) is 0. The molecular formula is C16H14Cl2N4O2S. The maximum Gasteiger partial charge on any atom is 0.317 e. The Hall–Kier alpha value is -1.98. The molecule has 1 saturated heterocycles. The summed E-state index contributed by atoms with van der Waals surface area (Å²) in [7, 11) is 0. The van der Waals surface area contributed by atoms with Gasteiger partial charge in [0.05, 0.1) is 28.8 Å². The van der Waals surface area contributed by atoms with Gasteiger partial charge in [-0.2, -0.15) is 5.26 Å². The van der Waals surface area contributed by atoms with Crippen LogP contribution in [0.2, 0.25) is 10.0 Å². The number of carbonyl (C=O) groups excluding carboxylic acids is 1. The van der Waals surface area contributed by atoms with E-state index in [4.69, 9.17) is 33.7 Å². The summed E-state index contributed by atoms with van der Waals surface area (Å²) in [4.78, 5) is 13.5. The number of rotatable bonds is 3. The number of nitrogens with zero attached hydrogens (tertiary/aromatic N) is 2. The topological polar surface area (TPSA) is 91.4 Å². The van der Waals surface area contributed by atoms with E-state index >= 15 is 0 Å². The van der Waals surface area contributed by atoms with Crippen molar-refractivity contribution in [2.75, 3.05) is 36.5 Å².